The molecule has 0 saturated carbocycles. The van der Waals surface area contributed by atoms with Crippen molar-refractivity contribution in [2.75, 3.05) is 13.2 Å². The van der Waals surface area contributed by atoms with E-state index in [1.807, 2.05) is 0 Å². The maximum Gasteiger partial charge on any atom is 0.223 e. The standard InChI is InChI=1S/C12H16FNO3/c1-9(15)8-14-12(16)6-7-17-11-4-2-10(13)3-5-11/h2-5,9,15H,6-8H2,1H3,(H,14,16)/t9-/m1/s1. The van der Waals surface area contributed by atoms with Crippen LogP contribution in [0.2, 0.25) is 0 Å². The number of hydrogen-bond donors (Lipinski definition) is 2. The summed E-state index contributed by atoms with van der Waals surface area (Å²) in [5, 5.41) is 11.5. The monoisotopic (exact) mass is 241 g/mol. The number of carbonyl (C=O) groups is 1. The zero-order chi connectivity index (χ0) is 12.7. The highest BCUT2D eigenvalue weighted by Gasteiger charge is 2.03. The second-order valence-corrected chi connectivity index (χ2v) is 3.71. The van der Waals surface area contributed by atoms with E-state index in [-0.39, 0.29) is 31.3 Å². The predicted octanol–water partition coefficient (Wildman–Crippen LogP) is 1.09. The van der Waals surface area contributed by atoms with Crippen LogP contribution in [0, 0.1) is 5.82 Å². The Balaban J connectivity index is 2.19. The summed E-state index contributed by atoms with van der Waals surface area (Å²) >= 11 is 0. The van der Waals surface area contributed by atoms with Crippen molar-refractivity contribution in [3.63, 3.8) is 0 Å². The summed E-state index contributed by atoms with van der Waals surface area (Å²) in [4.78, 5) is 11.2. The molecular formula is C12H16FNO3. The highest BCUT2D eigenvalue weighted by molar-refractivity contribution is 5.75. The summed E-state index contributed by atoms with van der Waals surface area (Å²) in [5.74, 6) is 0.00904. The van der Waals surface area contributed by atoms with E-state index in [0.29, 0.717) is 5.75 Å². The maximum atomic E-state index is 12.6. The Kier molecular flexibility index (Phi) is 5.42. The quantitative estimate of drug-likeness (QED) is 0.784. The van der Waals surface area contributed by atoms with Gasteiger partial charge in [-0.15, -0.1) is 0 Å². The van der Waals surface area contributed by atoms with E-state index in [4.69, 9.17) is 9.84 Å². The zero-order valence-electron chi connectivity index (χ0n) is 9.65. The van der Waals surface area contributed by atoms with Crippen molar-refractivity contribution in [2.45, 2.75) is 19.4 Å². The van der Waals surface area contributed by atoms with Gasteiger partial charge >= 0.3 is 0 Å². The van der Waals surface area contributed by atoms with Crippen molar-refractivity contribution in [1.82, 2.24) is 5.32 Å². The van der Waals surface area contributed by atoms with Crippen molar-refractivity contribution in [2.24, 2.45) is 0 Å². The van der Waals surface area contributed by atoms with Crippen LogP contribution >= 0.6 is 0 Å². The molecule has 1 atom stereocenters. The molecule has 5 heteroatoms. The largest absolute Gasteiger partial charge is 0.493 e. The Morgan fingerprint density at radius 2 is 2.12 bits per heavy atom. The van der Waals surface area contributed by atoms with E-state index >= 15 is 0 Å². The number of carbonyl (C=O) groups excluding carboxylic acids is 1. The SMILES string of the molecule is C[C@@H](O)CNC(=O)CCOc1ccc(F)cc1. The molecule has 0 aromatic heterocycles. The number of halogens is 1. The van der Waals surface area contributed by atoms with Gasteiger partial charge in [0.15, 0.2) is 0 Å². The van der Waals surface area contributed by atoms with Crippen LogP contribution in [0.5, 0.6) is 5.75 Å². The highest BCUT2D eigenvalue weighted by Crippen LogP contribution is 2.10. The normalized spacial score (nSPS) is 11.9. The second kappa shape index (κ2) is 6.85. The molecule has 0 aliphatic rings. The van der Waals surface area contributed by atoms with Crippen LogP contribution in [0.25, 0.3) is 0 Å². The lowest BCUT2D eigenvalue weighted by atomic mass is 10.3. The Labute approximate surface area is 99.4 Å². The van der Waals surface area contributed by atoms with Gasteiger partial charge in [-0.25, -0.2) is 4.39 Å². The number of hydrogen-bond acceptors (Lipinski definition) is 3. The lowest BCUT2D eigenvalue weighted by Crippen LogP contribution is -2.31. The fourth-order valence-corrected chi connectivity index (χ4v) is 1.14. The molecule has 0 heterocycles. The molecule has 0 aliphatic heterocycles. The average Bonchev–Trinajstić information content (AvgIpc) is 2.29. The van der Waals surface area contributed by atoms with Gasteiger partial charge in [0, 0.05) is 6.54 Å². The van der Waals surface area contributed by atoms with Gasteiger partial charge in [-0.2, -0.15) is 0 Å². The summed E-state index contributed by atoms with van der Waals surface area (Å²) in [6, 6.07) is 5.60. The molecule has 1 amide bonds. The van der Waals surface area contributed by atoms with Crippen LogP contribution < -0.4 is 10.1 Å². The van der Waals surface area contributed by atoms with Gasteiger partial charge in [-0.05, 0) is 31.2 Å². The number of amides is 1. The van der Waals surface area contributed by atoms with Crippen LogP contribution in [0.3, 0.4) is 0 Å². The summed E-state index contributed by atoms with van der Waals surface area (Å²) in [6.45, 7) is 2.04. The fraction of sp³-hybridized carbons (Fsp3) is 0.417. The summed E-state index contributed by atoms with van der Waals surface area (Å²) in [5.41, 5.74) is 0. The molecule has 0 unspecified atom stereocenters. The number of benzene rings is 1. The second-order valence-electron chi connectivity index (χ2n) is 3.71. The summed E-state index contributed by atoms with van der Waals surface area (Å²) in [6.07, 6.45) is -0.360. The molecule has 0 fully saturated rings. The number of aliphatic hydroxyl groups is 1. The van der Waals surface area contributed by atoms with Crippen molar-refractivity contribution in [3.05, 3.63) is 30.1 Å². The minimum absolute atomic E-state index is 0.187. The van der Waals surface area contributed by atoms with E-state index in [9.17, 15) is 9.18 Å². The van der Waals surface area contributed by atoms with Gasteiger partial charge in [0.25, 0.3) is 0 Å². The van der Waals surface area contributed by atoms with Crippen molar-refractivity contribution < 1.29 is 19.0 Å². The third-order valence-electron chi connectivity index (χ3n) is 2.01. The third kappa shape index (κ3) is 5.87. The third-order valence-corrected chi connectivity index (χ3v) is 2.01. The molecule has 17 heavy (non-hydrogen) atoms. The Morgan fingerprint density at radius 3 is 2.71 bits per heavy atom. The van der Waals surface area contributed by atoms with Crippen molar-refractivity contribution >= 4 is 5.91 Å². The molecule has 1 aromatic carbocycles. The first-order chi connectivity index (χ1) is 8.08. The van der Waals surface area contributed by atoms with Crippen LogP contribution in [0.15, 0.2) is 24.3 Å². The van der Waals surface area contributed by atoms with Gasteiger partial charge in [-0.1, -0.05) is 0 Å². The molecule has 0 saturated heterocycles. The summed E-state index contributed by atoms with van der Waals surface area (Å²) < 4.78 is 17.8. The van der Waals surface area contributed by atoms with Gasteiger partial charge in [-0.3, -0.25) is 4.79 Å². The van der Waals surface area contributed by atoms with Crippen LogP contribution in [-0.4, -0.2) is 30.3 Å². The molecular weight excluding hydrogens is 225 g/mol. The molecule has 94 valence electrons. The first kappa shape index (κ1) is 13.4. The first-order valence-electron chi connectivity index (χ1n) is 5.41. The summed E-state index contributed by atoms with van der Waals surface area (Å²) in [7, 11) is 0. The topological polar surface area (TPSA) is 58.6 Å². The maximum absolute atomic E-state index is 12.6. The fourth-order valence-electron chi connectivity index (χ4n) is 1.14. The molecule has 1 aromatic rings. The zero-order valence-corrected chi connectivity index (χ0v) is 9.65. The van der Waals surface area contributed by atoms with E-state index in [2.05, 4.69) is 5.32 Å². The number of rotatable bonds is 6. The minimum atomic E-state index is -0.558. The van der Waals surface area contributed by atoms with Crippen LogP contribution in [0.1, 0.15) is 13.3 Å². The van der Waals surface area contributed by atoms with E-state index in [0.717, 1.165) is 0 Å². The number of aliphatic hydroxyl groups excluding tert-OH is 1. The minimum Gasteiger partial charge on any atom is -0.493 e. The molecule has 2 N–H and O–H groups in total. The first-order valence-corrected chi connectivity index (χ1v) is 5.41. The predicted molar refractivity (Wildman–Crippen MR) is 61.2 cm³/mol. The Bertz CT molecular complexity index is 351. The molecule has 1 rings (SSSR count). The lowest BCUT2D eigenvalue weighted by molar-refractivity contribution is -0.122. The molecule has 4 nitrogen and oxygen atoms in total. The Hall–Kier alpha value is -1.62. The van der Waals surface area contributed by atoms with Gasteiger partial charge < -0.3 is 15.2 Å². The van der Waals surface area contributed by atoms with Crippen molar-refractivity contribution in [1.29, 1.82) is 0 Å². The lowest BCUT2D eigenvalue weighted by Gasteiger charge is -2.08. The van der Waals surface area contributed by atoms with Crippen LogP contribution in [-0.2, 0) is 4.79 Å². The smallest absolute Gasteiger partial charge is 0.223 e. The van der Waals surface area contributed by atoms with E-state index < -0.39 is 6.10 Å². The van der Waals surface area contributed by atoms with Gasteiger partial charge in [0.2, 0.25) is 5.91 Å². The molecule has 0 bridgehead atoms. The molecule has 0 aliphatic carbocycles. The Morgan fingerprint density at radius 1 is 1.47 bits per heavy atom. The number of nitrogens with one attached hydrogen (secondary N) is 1. The van der Waals surface area contributed by atoms with Gasteiger partial charge in [0.05, 0.1) is 19.1 Å². The van der Waals surface area contributed by atoms with Gasteiger partial charge in [0.1, 0.15) is 11.6 Å². The average molecular weight is 241 g/mol. The molecule has 0 spiro atoms. The van der Waals surface area contributed by atoms with E-state index in [1.165, 1.54) is 24.3 Å². The van der Waals surface area contributed by atoms with Crippen molar-refractivity contribution in [3.8, 4) is 5.75 Å². The van der Waals surface area contributed by atoms with E-state index in [1.54, 1.807) is 6.92 Å². The molecule has 0 radical (unpaired) electrons. The number of ether oxygens (including phenoxy) is 1. The highest BCUT2D eigenvalue weighted by atomic mass is 19.1. The van der Waals surface area contributed by atoms with Crippen LogP contribution in [0.4, 0.5) is 4.39 Å².